The number of fused-ring (bicyclic) bond motifs is 1. The molecule has 0 radical (unpaired) electrons. The van der Waals surface area contributed by atoms with E-state index in [4.69, 9.17) is 21.3 Å². The summed E-state index contributed by atoms with van der Waals surface area (Å²) in [4.78, 5) is 4.73. The van der Waals surface area contributed by atoms with Crippen LogP contribution in [0.15, 0.2) is 0 Å². The van der Waals surface area contributed by atoms with Gasteiger partial charge in [-0.2, -0.15) is 5.10 Å². The molecular weight excluding hydrogens is 288 g/mol. The van der Waals surface area contributed by atoms with Crippen LogP contribution in [0, 0.1) is 5.41 Å². The monoisotopic (exact) mass is 310 g/mol. The average molecular weight is 311 g/mol. The third kappa shape index (κ3) is 2.57. The standard InChI is InChI=1S/C15H23ClN4O/c1-4-11-13-14(19(2)18-11)20(12(9-16)17-13)10-15(5-6-15)7-8-21-3/h4-10H2,1-3H3. The molecule has 5 nitrogen and oxygen atoms in total. The van der Waals surface area contributed by atoms with Crippen molar-refractivity contribution >= 4 is 22.8 Å². The Balaban J connectivity index is 1.99. The predicted octanol–water partition coefficient (Wildman–Crippen LogP) is 2.89. The van der Waals surface area contributed by atoms with Crippen molar-refractivity contribution in [1.29, 1.82) is 0 Å². The molecule has 0 unspecified atom stereocenters. The molecule has 0 bridgehead atoms. The lowest BCUT2D eigenvalue weighted by Crippen LogP contribution is -2.17. The zero-order valence-corrected chi connectivity index (χ0v) is 13.8. The molecular formula is C15H23ClN4O. The molecule has 1 saturated carbocycles. The van der Waals surface area contributed by atoms with Crippen LogP contribution in [0.4, 0.5) is 0 Å². The van der Waals surface area contributed by atoms with Gasteiger partial charge in [0.25, 0.3) is 0 Å². The minimum atomic E-state index is 0.362. The SMILES string of the molecule is CCc1nn(C)c2c1nc(CCl)n2CC1(CCOC)CC1. The predicted molar refractivity (Wildman–Crippen MR) is 83.6 cm³/mol. The molecule has 6 heteroatoms. The summed E-state index contributed by atoms with van der Waals surface area (Å²) < 4.78 is 9.48. The first-order valence-corrected chi connectivity index (χ1v) is 8.13. The fourth-order valence-corrected chi connectivity index (χ4v) is 3.32. The molecule has 1 aliphatic rings. The smallest absolute Gasteiger partial charge is 0.158 e. The van der Waals surface area contributed by atoms with E-state index in [9.17, 15) is 0 Å². The van der Waals surface area contributed by atoms with Gasteiger partial charge in [0, 0.05) is 27.3 Å². The summed E-state index contributed by atoms with van der Waals surface area (Å²) in [5.74, 6) is 1.40. The zero-order chi connectivity index (χ0) is 15.0. The van der Waals surface area contributed by atoms with Crippen molar-refractivity contribution < 1.29 is 4.74 Å². The van der Waals surface area contributed by atoms with Gasteiger partial charge in [0.05, 0.1) is 11.6 Å². The van der Waals surface area contributed by atoms with Crippen LogP contribution in [0.1, 0.15) is 37.7 Å². The normalized spacial score (nSPS) is 16.8. The number of alkyl halides is 1. The van der Waals surface area contributed by atoms with E-state index in [0.717, 1.165) is 48.7 Å². The Morgan fingerprint density at radius 1 is 1.38 bits per heavy atom. The second kappa shape index (κ2) is 5.61. The van der Waals surface area contributed by atoms with Gasteiger partial charge < -0.3 is 9.30 Å². The van der Waals surface area contributed by atoms with Crippen LogP contribution in [-0.2, 0) is 30.6 Å². The Hall–Kier alpha value is -1.07. The van der Waals surface area contributed by atoms with Crippen molar-refractivity contribution in [3.05, 3.63) is 11.5 Å². The molecule has 0 atom stereocenters. The molecule has 1 aliphatic carbocycles. The summed E-state index contributed by atoms with van der Waals surface area (Å²) in [5, 5.41) is 4.58. The van der Waals surface area contributed by atoms with Crippen molar-refractivity contribution in [1.82, 2.24) is 19.3 Å². The molecule has 116 valence electrons. The molecule has 3 rings (SSSR count). The van der Waals surface area contributed by atoms with E-state index in [2.05, 4.69) is 16.6 Å². The number of nitrogens with zero attached hydrogens (tertiary/aromatic N) is 4. The summed E-state index contributed by atoms with van der Waals surface area (Å²) in [6, 6.07) is 0. The van der Waals surface area contributed by atoms with Crippen molar-refractivity contribution in [2.24, 2.45) is 12.5 Å². The summed E-state index contributed by atoms with van der Waals surface area (Å²) in [7, 11) is 3.76. The molecule has 0 saturated heterocycles. The Morgan fingerprint density at radius 2 is 2.14 bits per heavy atom. The van der Waals surface area contributed by atoms with E-state index in [1.54, 1.807) is 7.11 Å². The Bertz CT molecular complexity index is 642. The average Bonchev–Trinajstić information content (AvgIpc) is 3.05. The van der Waals surface area contributed by atoms with Crippen LogP contribution in [0.3, 0.4) is 0 Å². The first-order chi connectivity index (χ1) is 10.1. The van der Waals surface area contributed by atoms with Crippen molar-refractivity contribution in [2.75, 3.05) is 13.7 Å². The highest BCUT2D eigenvalue weighted by atomic mass is 35.5. The van der Waals surface area contributed by atoms with Crippen LogP contribution >= 0.6 is 11.6 Å². The maximum absolute atomic E-state index is 6.12. The van der Waals surface area contributed by atoms with Crippen LogP contribution < -0.4 is 0 Å². The van der Waals surface area contributed by atoms with Gasteiger partial charge >= 0.3 is 0 Å². The molecule has 21 heavy (non-hydrogen) atoms. The Morgan fingerprint density at radius 3 is 2.71 bits per heavy atom. The number of imidazole rings is 1. The number of methoxy groups -OCH3 is 1. The summed E-state index contributed by atoms with van der Waals surface area (Å²) in [6.07, 6.45) is 4.51. The third-order valence-electron chi connectivity index (χ3n) is 4.61. The van der Waals surface area contributed by atoms with Crippen molar-refractivity contribution in [2.45, 2.75) is 45.0 Å². The lowest BCUT2D eigenvalue weighted by atomic mass is 10.0. The molecule has 0 amide bonds. The van der Waals surface area contributed by atoms with Gasteiger partial charge in [0.2, 0.25) is 0 Å². The molecule has 0 N–H and O–H groups in total. The van der Waals surface area contributed by atoms with Crippen LogP contribution in [0.2, 0.25) is 0 Å². The summed E-state index contributed by atoms with van der Waals surface area (Å²) in [6.45, 7) is 3.90. The lowest BCUT2D eigenvalue weighted by Gasteiger charge is -2.17. The van der Waals surface area contributed by atoms with Gasteiger partial charge in [-0.3, -0.25) is 4.68 Å². The quantitative estimate of drug-likeness (QED) is 0.739. The van der Waals surface area contributed by atoms with Gasteiger partial charge in [-0.25, -0.2) is 4.98 Å². The highest BCUT2D eigenvalue weighted by Crippen LogP contribution is 2.50. The van der Waals surface area contributed by atoms with Crippen LogP contribution in [0.5, 0.6) is 0 Å². The number of halogens is 1. The minimum absolute atomic E-state index is 0.362. The number of aryl methyl sites for hydroxylation is 2. The van der Waals surface area contributed by atoms with Crippen LogP contribution in [-0.4, -0.2) is 33.0 Å². The van der Waals surface area contributed by atoms with E-state index in [1.807, 2.05) is 11.7 Å². The third-order valence-corrected chi connectivity index (χ3v) is 4.85. The lowest BCUT2D eigenvalue weighted by molar-refractivity contribution is 0.167. The largest absolute Gasteiger partial charge is 0.385 e. The Labute approximate surface area is 130 Å². The molecule has 1 fully saturated rings. The molecule has 0 spiro atoms. The van der Waals surface area contributed by atoms with E-state index in [1.165, 1.54) is 12.8 Å². The highest BCUT2D eigenvalue weighted by Gasteiger charge is 2.43. The summed E-state index contributed by atoms with van der Waals surface area (Å²) in [5.41, 5.74) is 3.53. The molecule has 2 aromatic rings. The van der Waals surface area contributed by atoms with Gasteiger partial charge in [0.1, 0.15) is 11.3 Å². The molecule has 2 aromatic heterocycles. The zero-order valence-electron chi connectivity index (χ0n) is 13.0. The second-order valence-corrected chi connectivity index (χ2v) is 6.35. The van der Waals surface area contributed by atoms with Crippen LogP contribution in [0.25, 0.3) is 11.2 Å². The van der Waals surface area contributed by atoms with Gasteiger partial charge in [-0.1, -0.05) is 6.92 Å². The first kappa shape index (κ1) is 14.9. The Kier molecular flexibility index (Phi) is 3.97. The number of aromatic nitrogens is 4. The van der Waals surface area contributed by atoms with E-state index < -0.39 is 0 Å². The summed E-state index contributed by atoms with van der Waals surface area (Å²) >= 11 is 6.12. The number of rotatable bonds is 7. The fourth-order valence-electron chi connectivity index (χ4n) is 3.11. The number of hydrogen-bond donors (Lipinski definition) is 0. The molecule has 2 heterocycles. The van der Waals surface area contributed by atoms with E-state index in [-0.39, 0.29) is 0 Å². The molecule has 0 aromatic carbocycles. The van der Waals surface area contributed by atoms with Crippen molar-refractivity contribution in [3.63, 3.8) is 0 Å². The minimum Gasteiger partial charge on any atom is -0.385 e. The maximum Gasteiger partial charge on any atom is 0.158 e. The number of ether oxygens (including phenoxy) is 1. The second-order valence-electron chi connectivity index (χ2n) is 6.09. The van der Waals surface area contributed by atoms with E-state index >= 15 is 0 Å². The maximum atomic E-state index is 6.12. The van der Waals surface area contributed by atoms with E-state index in [0.29, 0.717) is 11.3 Å². The van der Waals surface area contributed by atoms with Gasteiger partial charge in [-0.15, -0.1) is 11.6 Å². The topological polar surface area (TPSA) is 44.9 Å². The number of hydrogen-bond acceptors (Lipinski definition) is 3. The fraction of sp³-hybridized carbons (Fsp3) is 0.733. The first-order valence-electron chi connectivity index (χ1n) is 7.60. The van der Waals surface area contributed by atoms with Gasteiger partial charge in [-0.05, 0) is 31.1 Å². The van der Waals surface area contributed by atoms with Crippen molar-refractivity contribution in [3.8, 4) is 0 Å². The van der Waals surface area contributed by atoms with Gasteiger partial charge in [0.15, 0.2) is 5.65 Å². The highest BCUT2D eigenvalue weighted by molar-refractivity contribution is 6.16. The molecule has 0 aliphatic heterocycles.